The molecule has 4 rings (SSSR count). The fourth-order valence-electron chi connectivity index (χ4n) is 3.21. The number of hydrogen-bond acceptors (Lipinski definition) is 3. The summed E-state index contributed by atoms with van der Waals surface area (Å²) in [6.07, 6.45) is 4.73. The van der Waals surface area contributed by atoms with Crippen molar-refractivity contribution in [3.8, 4) is 5.75 Å². The molecule has 4 heteroatoms. The molecule has 3 nitrogen and oxygen atoms in total. The van der Waals surface area contributed by atoms with E-state index < -0.39 is 0 Å². The summed E-state index contributed by atoms with van der Waals surface area (Å²) in [4.78, 5) is 8.36. The van der Waals surface area contributed by atoms with Gasteiger partial charge in [0.05, 0.1) is 5.52 Å². The predicted molar refractivity (Wildman–Crippen MR) is 111 cm³/mol. The number of hydrogen-bond donors (Lipinski definition) is 1. The third kappa shape index (κ3) is 4.63. The Bertz CT molecular complexity index is 794. The van der Waals surface area contributed by atoms with E-state index in [9.17, 15) is 0 Å². The van der Waals surface area contributed by atoms with Gasteiger partial charge < -0.3 is 9.72 Å². The van der Waals surface area contributed by atoms with Gasteiger partial charge in [-0.25, -0.2) is 0 Å². The molecule has 138 valence electrons. The molecule has 1 fully saturated rings. The van der Waals surface area contributed by atoms with E-state index in [-0.39, 0.29) is 0 Å². The fourth-order valence-corrected chi connectivity index (χ4v) is 4.16. The van der Waals surface area contributed by atoms with Crippen molar-refractivity contribution in [1.29, 1.82) is 0 Å². The summed E-state index contributed by atoms with van der Waals surface area (Å²) in [5.41, 5.74) is 1.09. The minimum absolute atomic E-state index is 0.749. The molecule has 0 aliphatic carbocycles. The topological polar surface area (TPSA) is 28.3 Å². The van der Waals surface area contributed by atoms with Crippen molar-refractivity contribution in [2.24, 2.45) is 0 Å². The Labute approximate surface area is 160 Å². The number of likely N-dealkylation sites (tertiary alicyclic amines) is 1. The SMILES string of the molecule is CC.c1ccc(Sc2c[nH]c3c(OCCN4CCCC4)cccc23)cc1. The number of para-hydroxylation sites is 1. The molecular formula is C22H28N2OS. The highest BCUT2D eigenvalue weighted by atomic mass is 32.2. The molecule has 0 radical (unpaired) electrons. The average molecular weight is 369 g/mol. The summed E-state index contributed by atoms with van der Waals surface area (Å²) in [5.74, 6) is 0.951. The first-order valence-electron chi connectivity index (χ1n) is 9.58. The predicted octanol–water partition coefficient (Wildman–Crippen LogP) is 5.82. The molecule has 0 unspecified atom stereocenters. The van der Waals surface area contributed by atoms with Gasteiger partial charge in [-0.15, -0.1) is 0 Å². The van der Waals surface area contributed by atoms with Crippen molar-refractivity contribution in [3.63, 3.8) is 0 Å². The molecule has 1 aliphatic rings. The number of aromatic nitrogens is 1. The van der Waals surface area contributed by atoms with Crippen molar-refractivity contribution in [3.05, 3.63) is 54.7 Å². The zero-order chi connectivity index (χ0) is 18.2. The summed E-state index contributed by atoms with van der Waals surface area (Å²) in [6, 6.07) is 16.8. The number of aromatic amines is 1. The number of nitrogens with one attached hydrogen (secondary N) is 1. The molecular weight excluding hydrogens is 340 g/mol. The minimum atomic E-state index is 0.749. The van der Waals surface area contributed by atoms with E-state index in [4.69, 9.17) is 4.74 Å². The Kier molecular flexibility index (Phi) is 7.04. The third-order valence-electron chi connectivity index (χ3n) is 4.47. The normalized spacial score (nSPS) is 14.2. The lowest BCUT2D eigenvalue weighted by Gasteiger charge is -2.15. The third-order valence-corrected chi connectivity index (χ3v) is 5.54. The molecule has 1 saturated heterocycles. The van der Waals surface area contributed by atoms with Crippen LogP contribution >= 0.6 is 11.8 Å². The smallest absolute Gasteiger partial charge is 0.143 e. The molecule has 1 aromatic heterocycles. The molecule has 1 aliphatic heterocycles. The Morgan fingerprint density at radius 2 is 1.77 bits per heavy atom. The van der Waals surface area contributed by atoms with E-state index in [2.05, 4.69) is 58.5 Å². The van der Waals surface area contributed by atoms with Gasteiger partial charge in [0.15, 0.2) is 0 Å². The van der Waals surface area contributed by atoms with E-state index in [1.165, 1.54) is 41.1 Å². The number of benzene rings is 2. The van der Waals surface area contributed by atoms with Crippen LogP contribution in [0.5, 0.6) is 5.75 Å². The molecule has 0 amide bonds. The van der Waals surface area contributed by atoms with Gasteiger partial charge in [0.1, 0.15) is 12.4 Å². The molecule has 3 aromatic rings. The van der Waals surface area contributed by atoms with Gasteiger partial charge in [-0.3, -0.25) is 4.90 Å². The van der Waals surface area contributed by atoms with Crippen molar-refractivity contribution in [2.75, 3.05) is 26.2 Å². The second-order valence-electron chi connectivity index (χ2n) is 6.14. The molecule has 2 heterocycles. The maximum atomic E-state index is 6.06. The number of ether oxygens (including phenoxy) is 1. The molecule has 0 spiro atoms. The van der Waals surface area contributed by atoms with Crippen molar-refractivity contribution >= 4 is 22.7 Å². The van der Waals surface area contributed by atoms with Gasteiger partial charge in [0.2, 0.25) is 0 Å². The highest BCUT2D eigenvalue weighted by molar-refractivity contribution is 7.99. The van der Waals surface area contributed by atoms with Crippen LogP contribution in [0.4, 0.5) is 0 Å². The molecule has 1 N–H and O–H groups in total. The maximum Gasteiger partial charge on any atom is 0.143 e. The van der Waals surface area contributed by atoms with Crippen LogP contribution in [0, 0.1) is 0 Å². The van der Waals surface area contributed by atoms with Gasteiger partial charge in [0, 0.05) is 27.9 Å². The second-order valence-corrected chi connectivity index (χ2v) is 7.26. The number of nitrogens with zero attached hydrogens (tertiary/aromatic N) is 1. The van der Waals surface area contributed by atoms with Crippen molar-refractivity contribution < 1.29 is 4.74 Å². The lowest BCUT2D eigenvalue weighted by molar-refractivity contribution is 0.239. The van der Waals surface area contributed by atoms with Crippen molar-refractivity contribution in [2.45, 2.75) is 36.5 Å². The largest absolute Gasteiger partial charge is 0.490 e. The summed E-state index contributed by atoms with van der Waals surface area (Å²) < 4.78 is 6.06. The van der Waals surface area contributed by atoms with E-state index in [0.29, 0.717) is 0 Å². The monoisotopic (exact) mass is 368 g/mol. The first-order valence-corrected chi connectivity index (χ1v) is 10.4. The summed E-state index contributed by atoms with van der Waals surface area (Å²) in [6.45, 7) is 8.20. The van der Waals surface area contributed by atoms with E-state index in [1.807, 2.05) is 19.9 Å². The van der Waals surface area contributed by atoms with Gasteiger partial charge >= 0.3 is 0 Å². The highest BCUT2D eigenvalue weighted by Crippen LogP contribution is 2.36. The van der Waals surface area contributed by atoms with Crippen LogP contribution in [0.15, 0.2) is 64.5 Å². The summed E-state index contributed by atoms with van der Waals surface area (Å²) in [5, 5.41) is 1.22. The van der Waals surface area contributed by atoms with Gasteiger partial charge in [0.25, 0.3) is 0 Å². The van der Waals surface area contributed by atoms with E-state index >= 15 is 0 Å². The van der Waals surface area contributed by atoms with Gasteiger partial charge in [-0.05, 0) is 44.1 Å². The first kappa shape index (κ1) is 18.9. The molecule has 2 aromatic carbocycles. The number of H-pyrrole nitrogens is 1. The minimum Gasteiger partial charge on any atom is -0.490 e. The quantitative estimate of drug-likeness (QED) is 0.594. The number of rotatable bonds is 6. The first-order chi connectivity index (χ1) is 12.9. The Balaban J connectivity index is 0.000000948. The van der Waals surface area contributed by atoms with Gasteiger partial charge in [-0.2, -0.15) is 0 Å². The van der Waals surface area contributed by atoms with Crippen LogP contribution in [0.2, 0.25) is 0 Å². The molecule has 0 bridgehead atoms. The zero-order valence-corrected chi connectivity index (χ0v) is 16.5. The van der Waals surface area contributed by atoms with Crippen LogP contribution in [0.25, 0.3) is 10.9 Å². The van der Waals surface area contributed by atoms with Crippen LogP contribution in [0.3, 0.4) is 0 Å². The van der Waals surface area contributed by atoms with Crippen LogP contribution < -0.4 is 4.74 Å². The van der Waals surface area contributed by atoms with Crippen LogP contribution in [0.1, 0.15) is 26.7 Å². The van der Waals surface area contributed by atoms with Crippen LogP contribution in [-0.2, 0) is 0 Å². The Hall–Kier alpha value is -1.91. The van der Waals surface area contributed by atoms with Crippen LogP contribution in [-0.4, -0.2) is 36.1 Å². The number of fused-ring (bicyclic) bond motifs is 1. The summed E-state index contributed by atoms with van der Waals surface area (Å²) >= 11 is 1.78. The highest BCUT2D eigenvalue weighted by Gasteiger charge is 2.12. The van der Waals surface area contributed by atoms with Crippen molar-refractivity contribution in [1.82, 2.24) is 9.88 Å². The zero-order valence-electron chi connectivity index (χ0n) is 15.7. The Morgan fingerprint density at radius 1 is 1.00 bits per heavy atom. The molecule has 0 atom stereocenters. The summed E-state index contributed by atoms with van der Waals surface area (Å²) in [7, 11) is 0. The van der Waals surface area contributed by atoms with Gasteiger partial charge in [-0.1, -0.05) is 55.9 Å². The fraction of sp³-hybridized carbons (Fsp3) is 0.364. The molecule has 0 saturated carbocycles. The average Bonchev–Trinajstić information content (AvgIpc) is 3.35. The van der Waals surface area contributed by atoms with E-state index in [1.54, 1.807) is 11.8 Å². The second kappa shape index (κ2) is 9.70. The molecule has 26 heavy (non-hydrogen) atoms. The standard InChI is InChI=1S/C20H22N2OS.C2H6/c1-2-7-16(8-3-1)24-19-15-21-20-17(19)9-6-10-18(20)23-14-13-22-11-4-5-12-22;1-2/h1-3,6-10,15,21H,4-5,11-14H2;1-2H3. The van der Waals surface area contributed by atoms with E-state index in [0.717, 1.165) is 24.4 Å². The Morgan fingerprint density at radius 3 is 2.54 bits per heavy atom. The lowest BCUT2D eigenvalue weighted by atomic mass is 10.2. The lowest BCUT2D eigenvalue weighted by Crippen LogP contribution is -2.25. The maximum absolute atomic E-state index is 6.06.